The number of rotatable bonds is 4. The molecule has 0 N–H and O–H groups in total. The smallest absolute Gasteiger partial charge is 0.213 e. The summed E-state index contributed by atoms with van der Waals surface area (Å²) >= 11 is 0. The van der Waals surface area contributed by atoms with E-state index < -0.39 is 9.84 Å². The zero-order chi connectivity index (χ0) is 14.8. The molecule has 112 valence electrons. The molecule has 1 aromatic rings. The van der Waals surface area contributed by atoms with Gasteiger partial charge in [0.2, 0.25) is 5.88 Å². The van der Waals surface area contributed by atoms with Crippen LogP contribution < -0.4 is 4.74 Å². The van der Waals surface area contributed by atoms with Crippen LogP contribution in [0, 0.1) is 5.41 Å². The van der Waals surface area contributed by atoms with Crippen LogP contribution >= 0.6 is 0 Å². The Labute approximate surface area is 121 Å². The molecule has 4 nitrogen and oxygen atoms in total. The molecule has 1 saturated carbocycles. The van der Waals surface area contributed by atoms with Crippen LogP contribution in [-0.2, 0) is 15.6 Å². The first kappa shape index (κ1) is 15.3. The lowest BCUT2D eigenvalue weighted by atomic mass is 9.77. The zero-order valence-corrected chi connectivity index (χ0v) is 13.2. The van der Waals surface area contributed by atoms with Crippen LogP contribution in [-0.4, -0.2) is 25.8 Å². The lowest BCUT2D eigenvalue weighted by molar-refractivity contribution is 0.246. The Balaban J connectivity index is 2.07. The van der Waals surface area contributed by atoms with Crippen molar-refractivity contribution in [2.45, 2.75) is 50.5 Å². The van der Waals surface area contributed by atoms with Gasteiger partial charge in [-0.15, -0.1) is 0 Å². The fourth-order valence-electron chi connectivity index (χ4n) is 2.71. The van der Waals surface area contributed by atoms with Gasteiger partial charge in [-0.1, -0.05) is 19.9 Å². The Morgan fingerprint density at radius 1 is 1.30 bits per heavy atom. The van der Waals surface area contributed by atoms with Crippen molar-refractivity contribution in [3.63, 3.8) is 0 Å². The SMILES string of the molecule is COc1cccc(CS(=O)(=O)C2CCC(C)(C)CC2)n1. The number of hydrogen-bond acceptors (Lipinski definition) is 4. The molecule has 2 rings (SSSR count). The normalized spacial score (nSPS) is 19.8. The molecule has 20 heavy (non-hydrogen) atoms. The van der Waals surface area contributed by atoms with Crippen molar-refractivity contribution >= 4 is 9.84 Å². The molecule has 5 heteroatoms. The van der Waals surface area contributed by atoms with Crippen LogP contribution in [0.4, 0.5) is 0 Å². The average Bonchev–Trinajstić information content (AvgIpc) is 2.38. The summed E-state index contributed by atoms with van der Waals surface area (Å²) in [5.41, 5.74) is 0.842. The Bertz CT molecular complexity index is 556. The van der Waals surface area contributed by atoms with Crippen molar-refractivity contribution in [2.24, 2.45) is 5.41 Å². The molecule has 1 heterocycles. The van der Waals surface area contributed by atoms with Gasteiger partial charge in [0.25, 0.3) is 0 Å². The quantitative estimate of drug-likeness (QED) is 0.857. The lowest BCUT2D eigenvalue weighted by Crippen LogP contribution is -2.31. The number of ether oxygens (including phenoxy) is 1. The van der Waals surface area contributed by atoms with Gasteiger partial charge in [0.05, 0.1) is 23.8 Å². The maximum Gasteiger partial charge on any atom is 0.213 e. The van der Waals surface area contributed by atoms with Crippen molar-refractivity contribution in [2.75, 3.05) is 7.11 Å². The van der Waals surface area contributed by atoms with Crippen LogP contribution in [0.25, 0.3) is 0 Å². The van der Waals surface area contributed by atoms with Crippen LogP contribution in [0.3, 0.4) is 0 Å². The fraction of sp³-hybridized carbons (Fsp3) is 0.667. The number of aromatic nitrogens is 1. The summed E-state index contributed by atoms with van der Waals surface area (Å²) in [4.78, 5) is 4.20. The minimum atomic E-state index is -3.13. The molecule has 1 aromatic heterocycles. The van der Waals surface area contributed by atoms with Gasteiger partial charge in [-0.3, -0.25) is 0 Å². The minimum absolute atomic E-state index is 0.00922. The molecule has 0 bridgehead atoms. The van der Waals surface area contributed by atoms with Crippen LogP contribution in [0.2, 0.25) is 0 Å². The Hall–Kier alpha value is -1.10. The van der Waals surface area contributed by atoms with E-state index in [1.165, 1.54) is 7.11 Å². The molecule has 0 amide bonds. The summed E-state index contributed by atoms with van der Waals surface area (Å²) < 4.78 is 30.0. The highest BCUT2D eigenvalue weighted by Gasteiger charge is 2.34. The summed E-state index contributed by atoms with van der Waals surface area (Å²) in [6.45, 7) is 4.42. The number of pyridine rings is 1. The van der Waals surface area contributed by atoms with E-state index in [-0.39, 0.29) is 16.4 Å². The maximum absolute atomic E-state index is 12.5. The summed E-state index contributed by atoms with van der Waals surface area (Å²) in [5.74, 6) is 0.470. The molecule has 1 aliphatic carbocycles. The van der Waals surface area contributed by atoms with Gasteiger partial charge in [0.1, 0.15) is 0 Å². The van der Waals surface area contributed by atoms with Crippen LogP contribution in [0.5, 0.6) is 5.88 Å². The van der Waals surface area contributed by atoms with Crippen molar-refractivity contribution < 1.29 is 13.2 Å². The second-order valence-corrected chi connectivity index (χ2v) is 8.62. The lowest BCUT2D eigenvalue weighted by Gasteiger charge is -2.33. The molecule has 0 saturated heterocycles. The van der Waals surface area contributed by atoms with Crippen molar-refractivity contribution in [1.29, 1.82) is 0 Å². The van der Waals surface area contributed by atoms with Gasteiger partial charge in [-0.25, -0.2) is 13.4 Å². The summed E-state index contributed by atoms with van der Waals surface area (Å²) in [6.07, 6.45) is 3.48. The summed E-state index contributed by atoms with van der Waals surface area (Å²) in [7, 11) is -1.60. The molecular formula is C15H23NO3S. The Morgan fingerprint density at radius 2 is 1.95 bits per heavy atom. The highest BCUT2D eigenvalue weighted by molar-refractivity contribution is 7.91. The van der Waals surface area contributed by atoms with E-state index in [4.69, 9.17) is 4.74 Å². The van der Waals surface area contributed by atoms with Gasteiger partial charge in [-0.2, -0.15) is 0 Å². The van der Waals surface area contributed by atoms with Gasteiger partial charge in [0.15, 0.2) is 9.84 Å². The van der Waals surface area contributed by atoms with E-state index in [0.717, 1.165) is 25.7 Å². The van der Waals surface area contributed by atoms with Gasteiger partial charge < -0.3 is 4.74 Å². The maximum atomic E-state index is 12.5. The third-order valence-corrected chi connectivity index (χ3v) is 6.32. The monoisotopic (exact) mass is 297 g/mol. The first-order chi connectivity index (χ1) is 9.32. The largest absolute Gasteiger partial charge is 0.481 e. The predicted octanol–water partition coefficient (Wildman–Crippen LogP) is 2.97. The van der Waals surface area contributed by atoms with E-state index in [0.29, 0.717) is 11.6 Å². The Morgan fingerprint density at radius 3 is 2.55 bits per heavy atom. The molecule has 0 aromatic carbocycles. The fourth-order valence-corrected chi connectivity index (χ4v) is 4.47. The van der Waals surface area contributed by atoms with E-state index in [2.05, 4.69) is 18.8 Å². The third-order valence-electron chi connectivity index (χ3n) is 4.13. The van der Waals surface area contributed by atoms with E-state index in [9.17, 15) is 8.42 Å². The highest BCUT2D eigenvalue weighted by atomic mass is 32.2. The average molecular weight is 297 g/mol. The van der Waals surface area contributed by atoms with E-state index in [1.54, 1.807) is 18.2 Å². The molecule has 0 atom stereocenters. The molecule has 0 spiro atoms. The molecule has 0 radical (unpaired) electrons. The first-order valence-corrected chi connectivity index (χ1v) is 8.75. The second kappa shape index (κ2) is 5.72. The summed E-state index contributed by atoms with van der Waals surface area (Å²) in [6, 6.07) is 5.24. The number of nitrogens with zero attached hydrogens (tertiary/aromatic N) is 1. The highest BCUT2D eigenvalue weighted by Crippen LogP contribution is 2.38. The minimum Gasteiger partial charge on any atom is -0.481 e. The van der Waals surface area contributed by atoms with Crippen LogP contribution in [0.15, 0.2) is 18.2 Å². The van der Waals surface area contributed by atoms with Crippen molar-refractivity contribution in [1.82, 2.24) is 4.98 Å². The predicted molar refractivity (Wildman–Crippen MR) is 79.4 cm³/mol. The number of methoxy groups -OCH3 is 1. The van der Waals surface area contributed by atoms with Crippen molar-refractivity contribution in [3.8, 4) is 5.88 Å². The van der Waals surface area contributed by atoms with Gasteiger partial charge >= 0.3 is 0 Å². The molecule has 0 aliphatic heterocycles. The zero-order valence-electron chi connectivity index (χ0n) is 12.4. The Kier molecular flexibility index (Phi) is 4.37. The molecule has 1 aliphatic rings. The molecule has 0 unspecified atom stereocenters. The third kappa shape index (κ3) is 3.72. The standard InChI is InChI=1S/C15H23NO3S/c1-15(2)9-7-13(8-10-15)20(17,18)11-12-5-4-6-14(16-12)19-3/h4-6,13H,7-11H2,1-3H3. The topological polar surface area (TPSA) is 56.3 Å². The van der Waals surface area contributed by atoms with Gasteiger partial charge in [-0.05, 0) is 37.2 Å². The van der Waals surface area contributed by atoms with Crippen LogP contribution in [0.1, 0.15) is 45.2 Å². The second-order valence-electron chi connectivity index (χ2n) is 6.34. The molecular weight excluding hydrogens is 274 g/mol. The van der Waals surface area contributed by atoms with E-state index in [1.807, 2.05) is 0 Å². The molecule has 1 fully saturated rings. The summed E-state index contributed by atoms with van der Waals surface area (Å²) in [5, 5.41) is -0.219. The number of hydrogen-bond donors (Lipinski definition) is 0. The van der Waals surface area contributed by atoms with Crippen molar-refractivity contribution in [3.05, 3.63) is 23.9 Å². The van der Waals surface area contributed by atoms with Gasteiger partial charge in [0, 0.05) is 6.07 Å². The first-order valence-electron chi connectivity index (χ1n) is 7.04. The van der Waals surface area contributed by atoms with E-state index >= 15 is 0 Å². The number of sulfone groups is 1.